The lowest BCUT2D eigenvalue weighted by Gasteiger charge is -2.19. The van der Waals surface area contributed by atoms with E-state index in [0.717, 1.165) is 11.1 Å². The first-order valence-electron chi connectivity index (χ1n) is 6.72. The molecule has 1 atom stereocenters. The Morgan fingerprint density at radius 3 is 2.43 bits per heavy atom. The summed E-state index contributed by atoms with van der Waals surface area (Å²) in [6.45, 7) is 4.15. The number of hydrogen-bond donors (Lipinski definition) is 1. The van der Waals surface area contributed by atoms with Crippen molar-refractivity contribution in [3.8, 4) is 11.5 Å². The van der Waals surface area contributed by atoms with E-state index in [4.69, 9.17) is 26.8 Å². The first-order chi connectivity index (χ1) is 9.99. The van der Waals surface area contributed by atoms with E-state index in [9.17, 15) is 0 Å². The quantitative estimate of drug-likeness (QED) is 0.928. The van der Waals surface area contributed by atoms with Crippen molar-refractivity contribution in [2.24, 2.45) is 5.73 Å². The van der Waals surface area contributed by atoms with Crippen LogP contribution in [0.4, 0.5) is 0 Å². The molecular weight excluding hydrogens is 286 g/mol. The molecule has 4 heteroatoms. The van der Waals surface area contributed by atoms with Gasteiger partial charge in [0.1, 0.15) is 0 Å². The summed E-state index contributed by atoms with van der Waals surface area (Å²) in [5.74, 6) is 1.11. The number of benzene rings is 2. The normalized spacial score (nSPS) is 12.1. The molecular formula is C17H20ClNO2. The standard InChI is InChI=1S/C17H20ClNO2/c1-10-6-5-7-13(11(10)2)16(19)12-8-14(18)17(21-4)15(9-12)20-3/h5-9,16H,19H2,1-4H3. The zero-order valence-electron chi connectivity index (χ0n) is 12.7. The number of rotatable bonds is 4. The van der Waals surface area contributed by atoms with E-state index in [1.54, 1.807) is 14.2 Å². The van der Waals surface area contributed by atoms with Crippen LogP contribution in [-0.4, -0.2) is 14.2 Å². The zero-order valence-corrected chi connectivity index (χ0v) is 13.5. The van der Waals surface area contributed by atoms with E-state index in [2.05, 4.69) is 19.9 Å². The monoisotopic (exact) mass is 305 g/mol. The Kier molecular flexibility index (Phi) is 4.76. The Morgan fingerprint density at radius 2 is 1.81 bits per heavy atom. The van der Waals surface area contributed by atoms with Gasteiger partial charge in [-0.25, -0.2) is 0 Å². The molecule has 2 aromatic rings. The molecule has 112 valence electrons. The summed E-state index contributed by atoms with van der Waals surface area (Å²) >= 11 is 6.26. The zero-order chi connectivity index (χ0) is 15.6. The number of nitrogens with two attached hydrogens (primary N) is 1. The van der Waals surface area contributed by atoms with Crippen LogP contribution in [0.3, 0.4) is 0 Å². The molecule has 2 N–H and O–H groups in total. The molecule has 0 aliphatic heterocycles. The highest BCUT2D eigenvalue weighted by Crippen LogP contribution is 2.38. The van der Waals surface area contributed by atoms with E-state index < -0.39 is 0 Å². The number of halogens is 1. The van der Waals surface area contributed by atoms with Gasteiger partial charge in [-0.1, -0.05) is 29.8 Å². The Morgan fingerprint density at radius 1 is 1.10 bits per heavy atom. The SMILES string of the molecule is COc1cc(C(N)c2cccc(C)c2C)cc(Cl)c1OC. The maximum absolute atomic E-state index is 6.42. The fourth-order valence-corrected chi connectivity index (χ4v) is 2.70. The van der Waals surface area contributed by atoms with Gasteiger partial charge in [-0.05, 0) is 48.2 Å². The molecule has 2 rings (SSSR count). The average molecular weight is 306 g/mol. The maximum Gasteiger partial charge on any atom is 0.179 e. The average Bonchev–Trinajstić information content (AvgIpc) is 2.48. The maximum atomic E-state index is 6.42. The molecule has 0 amide bonds. The summed E-state index contributed by atoms with van der Waals surface area (Å²) in [5, 5.41) is 0.493. The largest absolute Gasteiger partial charge is 0.493 e. The van der Waals surface area contributed by atoms with Gasteiger partial charge in [-0.15, -0.1) is 0 Å². The number of ether oxygens (including phenoxy) is 2. The summed E-state index contributed by atoms with van der Waals surface area (Å²) in [6.07, 6.45) is 0. The highest BCUT2D eigenvalue weighted by Gasteiger charge is 2.17. The predicted octanol–water partition coefficient (Wildman–Crippen LogP) is 4.02. The van der Waals surface area contributed by atoms with Crippen LogP contribution in [0, 0.1) is 13.8 Å². The second kappa shape index (κ2) is 6.37. The predicted molar refractivity (Wildman–Crippen MR) is 86.5 cm³/mol. The third-order valence-corrected chi connectivity index (χ3v) is 4.08. The third kappa shape index (κ3) is 2.99. The molecule has 0 aliphatic rings. The van der Waals surface area contributed by atoms with Crippen LogP contribution in [0.25, 0.3) is 0 Å². The van der Waals surface area contributed by atoms with Crippen molar-refractivity contribution in [1.29, 1.82) is 0 Å². The molecule has 1 unspecified atom stereocenters. The highest BCUT2D eigenvalue weighted by molar-refractivity contribution is 6.32. The molecule has 2 aromatic carbocycles. The molecule has 21 heavy (non-hydrogen) atoms. The van der Waals surface area contributed by atoms with Crippen LogP contribution in [0.1, 0.15) is 28.3 Å². The van der Waals surface area contributed by atoms with Crippen molar-refractivity contribution in [3.05, 3.63) is 57.6 Å². The Hall–Kier alpha value is -1.71. The number of hydrogen-bond acceptors (Lipinski definition) is 3. The fourth-order valence-electron chi connectivity index (χ4n) is 2.41. The van der Waals surface area contributed by atoms with Crippen LogP contribution >= 0.6 is 11.6 Å². The van der Waals surface area contributed by atoms with Gasteiger partial charge < -0.3 is 15.2 Å². The van der Waals surface area contributed by atoms with Crippen LogP contribution in [0.2, 0.25) is 5.02 Å². The van der Waals surface area contributed by atoms with Crippen molar-refractivity contribution in [2.75, 3.05) is 14.2 Å². The molecule has 0 saturated carbocycles. The lowest BCUT2D eigenvalue weighted by atomic mass is 9.93. The summed E-state index contributed by atoms with van der Waals surface area (Å²) in [6, 6.07) is 9.57. The van der Waals surface area contributed by atoms with Crippen molar-refractivity contribution >= 4 is 11.6 Å². The molecule has 0 saturated heterocycles. The summed E-state index contributed by atoms with van der Waals surface area (Å²) in [7, 11) is 3.15. The van der Waals surface area contributed by atoms with Gasteiger partial charge in [-0.3, -0.25) is 0 Å². The van der Waals surface area contributed by atoms with E-state index in [1.807, 2.05) is 24.3 Å². The molecule has 0 radical (unpaired) electrons. The minimum atomic E-state index is -0.262. The van der Waals surface area contributed by atoms with Gasteiger partial charge in [0.15, 0.2) is 11.5 Å². The van der Waals surface area contributed by atoms with E-state index in [1.165, 1.54) is 11.1 Å². The van der Waals surface area contributed by atoms with Crippen molar-refractivity contribution in [1.82, 2.24) is 0 Å². The van der Waals surface area contributed by atoms with E-state index >= 15 is 0 Å². The molecule has 0 fully saturated rings. The molecule has 0 aliphatic carbocycles. The van der Waals surface area contributed by atoms with Gasteiger partial charge in [0.2, 0.25) is 0 Å². The van der Waals surface area contributed by atoms with E-state index in [0.29, 0.717) is 16.5 Å². The van der Waals surface area contributed by atoms with E-state index in [-0.39, 0.29) is 6.04 Å². The van der Waals surface area contributed by atoms with Crippen LogP contribution < -0.4 is 15.2 Å². The van der Waals surface area contributed by atoms with Crippen molar-refractivity contribution in [3.63, 3.8) is 0 Å². The lowest BCUT2D eigenvalue weighted by molar-refractivity contribution is 0.354. The van der Waals surface area contributed by atoms with Crippen LogP contribution in [-0.2, 0) is 0 Å². The van der Waals surface area contributed by atoms with Gasteiger partial charge >= 0.3 is 0 Å². The van der Waals surface area contributed by atoms with Crippen LogP contribution in [0.5, 0.6) is 11.5 Å². The van der Waals surface area contributed by atoms with Crippen molar-refractivity contribution < 1.29 is 9.47 Å². The minimum Gasteiger partial charge on any atom is -0.493 e. The highest BCUT2D eigenvalue weighted by atomic mass is 35.5. The molecule has 0 heterocycles. The Labute approximate surface area is 130 Å². The van der Waals surface area contributed by atoms with Gasteiger partial charge in [0.25, 0.3) is 0 Å². The number of methoxy groups -OCH3 is 2. The number of aryl methyl sites for hydroxylation is 1. The second-order valence-corrected chi connectivity index (χ2v) is 5.41. The first kappa shape index (κ1) is 15.7. The Bertz CT molecular complexity index is 655. The van der Waals surface area contributed by atoms with Gasteiger partial charge in [-0.2, -0.15) is 0 Å². The van der Waals surface area contributed by atoms with Gasteiger partial charge in [0, 0.05) is 0 Å². The fraction of sp³-hybridized carbons (Fsp3) is 0.294. The second-order valence-electron chi connectivity index (χ2n) is 5.01. The third-order valence-electron chi connectivity index (χ3n) is 3.80. The topological polar surface area (TPSA) is 44.5 Å². The minimum absolute atomic E-state index is 0.262. The molecule has 3 nitrogen and oxygen atoms in total. The Balaban J connectivity index is 2.51. The lowest BCUT2D eigenvalue weighted by Crippen LogP contribution is -2.14. The van der Waals surface area contributed by atoms with Crippen molar-refractivity contribution in [2.45, 2.75) is 19.9 Å². The summed E-state index contributed by atoms with van der Waals surface area (Å²) in [4.78, 5) is 0. The van der Waals surface area contributed by atoms with Gasteiger partial charge in [0.05, 0.1) is 25.3 Å². The summed E-state index contributed by atoms with van der Waals surface area (Å²) < 4.78 is 10.6. The summed E-state index contributed by atoms with van der Waals surface area (Å²) in [5.41, 5.74) is 10.8. The van der Waals surface area contributed by atoms with Crippen LogP contribution in [0.15, 0.2) is 30.3 Å². The molecule has 0 aromatic heterocycles. The molecule has 0 spiro atoms. The smallest absolute Gasteiger partial charge is 0.179 e. The molecule has 0 bridgehead atoms. The first-order valence-corrected chi connectivity index (χ1v) is 7.10.